The van der Waals surface area contributed by atoms with Crippen LogP contribution in [0, 0.1) is 18.3 Å². The minimum absolute atomic E-state index is 0.0549. The van der Waals surface area contributed by atoms with Crippen molar-refractivity contribution in [3.63, 3.8) is 0 Å². The number of anilines is 3. The van der Waals surface area contributed by atoms with Crippen LogP contribution in [-0.2, 0) is 6.42 Å². The zero-order chi connectivity index (χ0) is 96.0. The summed E-state index contributed by atoms with van der Waals surface area (Å²) in [6, 6.07) is 143. The van der Waals surface area contributed by atoms with Gasteiger partial charge in [0, 0.05) is 178 Å². The smallest absolute Gasteiger partial charge is 0.197 e. The lowest BCUT2D eigenvalue weighted by molar-refractivity contribution is 0.104. The van der Waals surface area contributed by atoms with Gasteiger partial charge in [-0.15, -0.1) is 56.7 Å². The zero-order valence-electron chi connectivity index (χ0n) is 76.7. The highest BCUT2D eigenvalue weighted by atomic mass is 32.1. The zero-order valence-corrected chi connectivity index (χ0v) is 80.8. The molecular weight excluding hydrogens is 1860 g/mol. The Kier molecular flexibility index (Phi) is 19.5. The Morgan fingerprint density at radius 3 is 1.27 bits per heavy atom. The predicted molar refractivity (Wildman–Crippen MR) is 607 cm³/mol. The van der Waals surface area contributed by atoms with Gasteiger partial charge in [0.25, 0.3) is 0 Å². The van der Waals surface area contributed by atoms with Crippen molar-refractivity contribution in [3.8, 4) is 45.4 Å². The minimum atomic E-state index is -0.205. The third-order valence-electron chi connectivity index (χ3n) is 28.7. The average molecular weight is 1940 g/mol. The summed E-state index contributed by atoms with van der Waals surface area (Å²) < 4.78 is 23.6. The van der Waals surface area contributed by atoms with Crippen LogP contribution in [0.2, 0.25) is 0 Å². The lowest BCUT2D eigenvalue weighted by atomic mass is 10.0. The SMILES string of the molecule is Cc1ccc2c(=O)c3cc4c(cc3sc2c1)-c1cc(N(c2ccccc2)c2ccccc2)ccc1C4.N#Cc1cccc2sc3cc4c(cc3c(=O)c12)C(=O)c1ccc(-n2c3ccccc3c3ccccc32)cc1-4.O=c1c2ccccc2sc2cc3c(cc12)oc1c(-n2c4ccccc4c4ccccc42)cccc13.O=c1c2ccccc2sc2cc3c(cc12)sc1ccc(-n2c4ccccc4c4ccccc42)cc13. The second-order valence-corrected chi connectivity index (χ2v) is 42.2. The Bertz CT molecular complexity index is 10800. The number of furan rings is 1. The normalized spacial score (nSPS) is 12.2. The van der Waals surface area contributed by atoms with Crippen LogP contribution in [0.5, 0.6) is 0 Å². The number of ketones is 1. The molecule has 0 N–H and O–H groups in total. The molecule has 0 saturated heterocycles. The van der Waals surface area contributed by atoms with E-state index in [1.54, 1.807) is 63.5 Å². The van der Waals surface area contributed by atoms with Crippen LogP contribution >= 0.6 is 56.7 Å². The van der Waals surface area contributed by atoms with Crippen molar-refractivity contribution in [1.82, 2.24) is 13.7 Å². The summed E-state index contributed by atoms with van der Waals surface area (Å²) in [5.41, 5.74) is 24.5. The number of carbonyl (C=O) groups excluding carboxylic acids is 1. The minimum Gasteiger partial charge on any atom is -0.454 e. The molecule has 29 aromatic rings. The Hall–Kier alpha value is -17.7. The first kappa shape index (κ1) is 84.4. The maximum Gasteiger partial charge on any atom is 0.197 e. The van der Waals surface area contributed by atoms with Crippen LogP contribution in [0.1, 0.15) is 38.2 Å². The van der Waals surface area contributed by atoms with Crippen LogP contribution in [0.25, 0.3) is 228 Å². The lowest BCUT2D eigenvalue weighted by Crippen LogP contribution is -2.09. The highest BCUT2D eigenvalue weighted by molar-refractivity contribution is 7.27. The maximum atomic E-state index is 13.5. The number of aryl methyl sites for hydroxylation is 1. The highest BCUT2D eigenvalue weighted by Crippen LogP contribution is 2.49. The summed E-state index contributed by atoms with van der Waals surface area (Å²) in [7, 11) is 0. The van der Waals surface area contributed by atoms with Gasteiger partial charge in [0.1, 0.15) is 5.58 Å². The summed E-state index contributed by atoms with van der Waals surface area (Å²) in [5, 5.41) is 27.0. The molecule has 0 aliphatic heterocycles. The van der Waals surface area contributed by atoms with Crippen molar-refractivity contribution in [2.24, 2.45) is 0 Å². The molecule has 0 atom stereocenters. The van der Waals surface area contributed by atoms with E-state index < -0.39 is 0 Å². The molecule has 9 aromatic heterocycles. The van der Waals surface area contributed by atoms with E-state index in [1.807, 2.05) is 115 Å². The second-order valence-electron chi connectivity index (χ2n) is 36.8. The van der Waals surface area contributed by atoms with Gasteiger partial charge in [-0.25, -0.2) is 0 Å². The van der Waals surface area contributed by atoms with Crippen molar-refractivity contribution in [1.29, 1.82) is 5.26 Å². The number of rotatable bonds is 6. The molecule has 16 heteroatoms. The predicted octanol–water partition coefficient (Wildman–Crippen LogP) is 33.6. The Balaban J connectivity index is 0.0000000934. The number of aromatic nitrogens is 3. The first-order valence-corrected chi connectivity index (χ1v) is 51.7. The first-order chi connectivity index (χ1) is 70.8. The molecule has 11 nitrogen and oxygen atoms in total. The molecule has 676 valence electrons. The molecular formula is C128H73N5O6S5. The third-order valence-corrected chi connectivity index (χ3v) is 34.3. The van der Waals surface area contributed by atoms with Gasteiger partial charge in [0.15, 0.2) is 33.1 Å². The van der Waals surface area contributed by atoms with Crippen LogP contribution in [0.15, 0.2) is 436 Å². The Morgan fingerprint density at radius 2 is 0.681 bits per heavy atom. The molecule has 31 rings (SSSR count). The molecule has 0 saturated carbocycles. The molecule has 9 heterocycles. The van der Waals surface area contributed by atoms with Crippen LogP contribution < -0.4 is 26.6 Å². The fourth-order valence-electron chi connectivity index (χ4n) is 22.1. The Labute approximate surface area is 839 Å². The molecule has 0 unspecified atom stereocenters. The molecule has 0 radical (unpaired) electrons. The van der Waals surface area contributed by atoms with Gasteiger partial charge >= 0.3 is 0 Å². The van der Waals surface area contributed by atoms with Gasteiger partial charge in [0.2, 0.25) is 0 Å². The maximum absolute atomic E-state index is 13.5. The molecule has 144 heavy (non-hydrogen) atoms. The lowest BCUT2D eigenvalue weighted by Gasteiger charge is -2.26. The van der Waals surface area contributed by atoms with Gasteiger partial charge < -0.3 is 23.0 Å². The van der Waals surface area contributed by atoms with Gasteiger partial charge in [-0.05, 0) is 265 Å². The average Bonchev–Trinajstić information content (AvgIpc) is 1.53. The number of thiophene rings is 1. The van der Waals surface area contributed by atoms with Gasteiger partial charge in [-0.3, -0.25) is 24.0 Å². The number of fused-ring (bicyclic) bond motifs is 29. The van der Waals surface area contributed by atoms with E-state index in [9.17, 15) is 29.2 Å². The van der Waals surface area contributed by atoms with E-state index in [0.29, 0.717) is 32.8 Å². The third kappa shape index (κ3) is 13.4. The van der Waals surface area contributed by atoms with Crippen LogP contribution in [-0.4, -0.2) is 19.5 Å². The van der Waals surface area contributed by atoms with E-state index in [0.717, 1.165) is 165 Å². The fourth-order valence-corrected chi connectivity index (χ4v) is 27.7. The van der Waals surface area contributed by atoms with E-state index in [-0.39, 0.29) is 27.5 Å². The van der Waals surface area contributed by atoms with E-state index >= 15 is 0 Å². The van der Waals surface area contributed by atoms with E-state index in [2.05, 4.69) is 311 Å². The first-order valence-electron chi connectivity index (χ1n) is 47.6. The summed E-state index contributed by atoms with van der Waals surface area (Å²) in [4.78, 5) is 69.0. The molecule has 0 spiro atoms. The van der Waals surface area contributed by atoms with Crippen molar-refractivity contribution in [3.05, 3.63) is 487 Å². The molecule has 2 aliphatic rings. The van der Waals surface area contributed by atoms with Crippen molar-refractivity contribution >= 4 is 268 Å². The monoisotopic (exact) mass is 1940 g/mol. The fraction of sp³-hybridized carbons (Fsp3) is 0.0156. The number of para-hydroxylation sites is 9. The van der Waals surface area contributed by atoms with Crippen molar-refractivity contribution in [2.75, 3.05) is 4.90 Å². The molecule has 0 bridgehead atoms. The number of benzene rings is 20. The van der Waals surface area contributed by atoms with Gasteiger partial charge in [-0.1, -0.05) is 200 Å². The molecule has 2 aliphatic carbocycles. The summed E-state index contributed by atoms with van der Waals surface area (Å²) in [6.45, 7) is 2.08. The van der Waals surface area contributed by atoms with Gasteiger partial charge in [0.05, 0.1) is 55.8 Å². The molecule has 0 amide bonds. The number of hydrogen-bond acceptors (Lipinski definition) is 13. The number of hydrogen-bond donors (Lipinski definition) is 0. The largest absolute Gasteiger partial charge is 0.454 e. The number of nitrogens with zero attached hydrogens (tertiary/aromatic N) is 5. The summed E-state index contributed by atoms with van der Waals surface area (Å²) in [5.74, 6) is -0.0799. The number of nitriles is 1. The standard InChI is InChI=1S/C33H16N2O2S.C33H23NOS.C31H17NO2S.C31H17NOS2/c34-17-18-6-5-11-29-31(18)33(37)26-15-25-24(16-30(26)38-29)23-14-19(12-13-22(23)32(25)36)35-27-9-3-1-7-20(27)21-8-2-4-10-28(21)35;1-21-12-15-27-31(16-21)36-32-20-29-23(18-30(32)33(27)35)17-22-13-14-26(19-28(22)29)34(24-8-4-2-5-9-24)25-10-6-3-7-11-25;33-30-21-10-3-6-15-28(21)35-29-17-22-20-11-7-14-26(31(20)34-27(22)16-23(29)30)32-24-12-4-1-8-18(24)19-9-2-5-13-25(19)32;33-31-21-9-3-6-12-27(21)34-30-16-23-22-15-18(13-14-28(22)35-29(23)17-24(30)31)32-25-10-4-1-7-19(25)20-8-2-5-11-26(20)32/h1-16H;2-16,18-20H,17H2,1H3;2*1-17H. The van der Waals surface area contributed by atoms with Crippen LogP contribution in [0.4, 0.5) is 17.1 Å². The highest BCUT2D eigenvalue weighted by Gasteiger charge is 2.31. The quantitative estimate of drug-likeness (QED) is 0.150. The summed E-state index contributed by atoms with van der Waals surface area (Å²) >= 11 is 8.30. The molecule has 20 aromatic carbocycles. The van der Waals surface area contributed by atoms with Crippen molar-refractivity contribution < 1.29 is 9.21 Å². The van der Waals surface area contributed by atoms with E-state index in [1.165, 1.54) is 98.0 Å². The summed E-state index contributed by atoms with van der Waals surface area (Å²) in [6.07, 6.45) is 0.855. The van der Waals surface area contributed by atoms with E-state index in [4.69, 9.17) is 4.42 Å². The second kappa shape index (κ2) is 33.3. The topological polar surface area (TPSA) is 140 Å². The Morgan fingerprint density at radius 1 is 0.264 bits per heavy atom. The van der Waals surface area contributed by atoms with Crippen molar-refractivity contribution in [2.45, 2.75) is 13.3 Å². The number of carbonyl (C=O) groups is 1. The van der Waals surface area contributed by atoms with Gasteiger partial charge in [-0.2, -0.15) is 5.26 Å². The molecule has 0 fully saturated rings. The van der Waals surface area contributed by atoms with Crippen LogP contribution in [0.3, 0.4) is 0 Å².